The Morgan fingerprint density at radius 2 is 1.81 bits per heavy atom. The predicted octanol–water partition coefficient (Wildman–Crippen LogP) is 2.50. The number of carboxylic acids is 1. The molecule has 0 aliphatic carbocycles. The molecular formula is C20H21NO5. The maximum absolute atomic E-state index is 12.7. The molecular weight excluding hydrogens is 334 g/mol. The van der Waals surface area contributed by atoms with E-state index in [0.29, 0.717) is 18.4 Å². The largest absolute Gasteiger partial charge is 0.508 e. The maximum Gasteiger partial charge on any atom is 0.335 e. The third-order valence-corrected chi connectivity index (χ3v) is 4.11. The average Bonchev–Trinajstić information content (AvgIpc) is 2.65. The van der Waals surface area contributed by atoms with E-state index in [1.807, 2.05) is 0 Å². The molecule has 1 atom stereocenters. The van der Waals surface area contributed by atoms with Gasteiger partial charge in [0.05, 0.1) is 11.5 Å². The summed E-state index contributed by atoms with van der Waals surface area (Å²) < 4.78 is 0. The summed E-state index contributed by atoms with van der Waals surface area (Å²) in [6.45, 7) is 2.44. The fourth-order valence-corrected chi connectivity index (χ4v) is 2.68. The Morgan fingerprint density at radius 3 is 2.38 bits per heavy atom. The summed E-state index contributed by atoms with van der Waals surface area (Å²) in [5, 5.41) is 18.4. The average molecular weight is 355 g/mol. The van der Waals surface area contributed by atoms with Gasteiger partial charge in [0, 0.05) is 13.1 Å². The van der Waals surface area contributed by atoms with Gasteiger partial charge in [0.15, 0.2) is 0 Å². The molecule has 0 heterocycles. The molecule has 0 fully saturated rings. The van der Waals surface area contributed by atoms with E-state index in [2.05, 4.69) is 0 Å². The predicted molar refractivity (Wildman–Crippen MR) is 95.9 cm³/mol. The van der Waals surface area contributed by atoms with E-state index >= 15 is 0 Å². The quantitative estimate of drug-likeness (QED) is 0.560. The van der Waals surface area contributed by atoms with Gasteiger partial charge in [-0.25, -0.2) is 4.79 Å². The van der Waals surface area contributed by atoms with Gasteiger partial charge in [0.25, 0.3) is 0 Å². The summed E-state index contributed by atoms with van der Waals surface area (Å²) in [5.74, 6) is -2.05. The fraction of sp³-hybridized carbons (Fsp3) is 0.250. The van der Waals surface area contributed by atoms with Crippen LogP contribution in [-0.2, 0) is 22.6 Å². The lowest BCUT2D eigenvalue weighted by Crippen LogP contribution is -2.37. The Morgan fingerprint density at radius 1 is 1.12 bits per heavy atom. The van der Waals surface area contributed by atoms with Crippen LogP contribution >= 0.6 is 0 Å². The lowest BCUT2D eigenvalue weighted by atomic mass is 9.98. The second-order valence-corrected chi connectivity index (χ2v) is 5.97. The molecule has 26 heavy (non-hydrogen) atoms. The first-order valence-electron chi connectivity index (χ1n) is 8.28. The number of carbonyl (C=O) groups is 3. The van der Waals surface area contributed by atoms with Crippen molar-refractivity contribution in [3.8, 4) is 5.75 Å². The zero-order valence-electron chi connectivity index (χ0n) is 14.5. The standard InChI is InChI=1S/C20H21NO5/c1-2-21(12-15-4-3-5-16(11-15)20(25)26)19(24)17(13-22)10-14-6-8-18(23)9-7-14/h3-9,11,13,17,23H,2,10,12H2,1H3,(H,25,26). The molecule has 0 spiro atoms. The van der Waals surface area contributed by atoms with Crippen molar-refractivity contribution in [1.29, 1.82) is 0 Å². The van der Waals surface area contributed by atoms with E-state index < -0.39 is 11.9 Å². The molecule has 136 valence electrons. The van der Waals surface area contributed by atoms with Gasteiger partial charge in [-0.1, -0.05) is 24.3 Å². The van der Waals surface area contributed by atoms with Gasteiger partial charge in [0.2, 0.25) is 5.91 Å². The Hall–Kier alpha value is -3.15. The lowest BCUT2D eigenvalue weighted by molar-refractivity contribution is -0.138. The molecule has 0 saturated carbocycles. The molecule has 0 saturated heterocycles. The molecule has 2 aromatic rings. The van der Waals surface area contributed by atoms with Gasteiger partial charge in [-0.05, 0) is 48.7 Å². The van der Waals surface area contributed by atoms with Crippen molar-refractivity contribution < 1.29 is 24.6 Å². The normalized spacial score (nSPS) is 11.6. The number of phenols is 1. The summed E-state index contributed by atoms with van der Waals surface area (Å²) in [4.78, 5) is 36.8. The fourth-order valence-electron chi connectivity index (χ4n) is 2.68. The number of aromatic hydroxyl groups is 1. The minimum absolute atomic E-state index is 0.122. The molecule has 1 amide bonds. The molecule has 0 aliphatic rings. The number of rotatable bonds is 8. The Balaban J connectivity index is 2.12. The van der Waals surface area contributed by atoms with Gasteiger partial charge in [-0.2, -0.15) is 0 Å². The number of aromatic carboxylic acids is 1. The van der Waals surface area contributed by atoms with Gasteiger partial charge in [0.1, 0.15) is 12.0 Å². The highest BCUT2D eigenvalue weighted by Crippen LogP contribution is 2.16. The molecule has 2 aromatic carbocycles. The third kappa shape index (κ3) is 4.92. The molecule has 1 unspecified atom stereocenters. The van der Waals surface area contributed by atoms with Crippen molar-refractivity contribution in [2.75, 3.05) is 6.54 Å². The van der Waals surface area contributed by atoms with Crippen LogP contribution < -0.4 is 0 Å². The van der Waals surface area contributed by atoms with E-state index in [-0.39, 0.29) is 30.2 Å². The highest BCUT2D eigenvalue weighted by Gasteiger charge is 2.23. The first-order valence-corrected chi connectivity index (χ1v) is 8.28. The molecule has 2 N–H and O–H groups in total. The number of nitrogens with zero attached hydrogens (tertiary/aromatic N) is 1. The summed E-state index contributed by atoms with van der Waals surface area (Å²) >= 11 is 0. The van der Waals surface area contributed by atoms with Crippen LogP contribution in [0, 0.1) is 5.92 Å². The van der Waals surface area contributed by atoms with Crippen LogP contribution in [0.2, 0.25) is 0 Å². The SMILES string of the molecule is CCN(Cc1cccc(C(=O)O)c1)C(=O)C(C=O)Cc1ccc(O)cc1. The second kappa shape index (κ2) is 8.80. The number of carbonyl (C=O) groups excluding carboxylic acids is 2. The zero-order valence-corrected chi connectivity index (χ0v) is 14.5. The summed E-state index contributed by atoms with van der Waals surface area (Å²) in [7, 11) is 0. The van der Waals surface area contributed by atoms with Crippen LogP contribution in [0.4, 0.5) is 0 Å². The van der Waals surface area contributed by atoms with Crippen LogP contribution in [0.3, 0.4) is 0 Å². The summed E-state index contributed by atoms with van der Waals surface area (Å²) in [6, 6.07) is 12.8. The Bertz CT molecular complexity index is 785. The number of aldehydes is 1. The summed E-state index contributed by atoms with van der Waals surface area (Å²) in [6.07, 6.45) is 0.875. The van der Waals surface area contributed by atoms with Gasteiger partial charge < -0.3 is 19.9 Å². The van der Waals surface area contributed by atoms with Gasteiger partial charge in [-0.3, -0.25) is 4.79 Å². The van der Waals surface area contributed by atoms with Crippen molar-refractivity contribution in [3.63, 3.8) is 0 Å². The van der Waals surface area contributed by atoms with E-state index in [9.17, 15) is 19.5 Å². The van der Waals surface area contributed by atoms with Crippen LogP contribution in [-0.4, -0.2) is 39.8 Å². The van der Waals surface area contributed by atoms with E-state index in [1.165, 1.54) is 29.2 Å². The maximum atomic E-state index is 12.7. The monoisotopic (exact) mass is 355 g/mol. The van der Waals surface area contributed by atoms with Crippen LogP contribution in [0.5, 0.6) is 5.75 Å². The molecule has 0 aromatic heterocycles. The first-order chi connectivity index (χ1) is 12.4. The number of benzene rings is 2. The zero-order chi connectivity index (χ0) is 19.1. The van der Waals surface area contributed by atoms with E-state index in [1.54, 1.807) is 31.2 Å². The van der Waals surface area contributed by atoms with Crippen molar-refractivity contribution in [3.05, 3.63) is 65.2 Å². The van der Waals surface area contributed by atoms with Crippen molar-refractivity contribution in [2.24, 2.45) is 5.92 Å². The van der Waals surface area contributed by atoms with E-state index in [0.717, 1.165) is 5.56 Å². The Kier molecular flexibility index (Phi) is 6.49. The number of amides is 1. The highest BCUT2D eigenvalue weighted by atomic mass is 16.4. The minimum atomic E-state index is -1.03. The van der Waals surface area contributed by atoms with Gasteiger partial charge in [-0.15, -0.1) is 0 Å². The summed E-state index contributed by atoms with van der Waals surface area (Å²) in [5.41, 5.74) is 1.62. The van der Waals surface area contributed by atoms with Crippen LogP contribution in [0.25, 0.3) is 0 Å². The topological polar surface area (TPSA) is 94.9 Å². The third-order valence-electron chi connectivity index (χ3n) is 4.11. The molecule has 0 aliphatic heterocycles. The van der Waals surface area contributed by atoms with E-state index in [4.69, 9.17) is 5.11 Å². The molecule has 0 radical (unpaired) electrons. The van der Waals surface area contributed by atoms with Crippen molar-refractivity contribution in [1.82, 2.24) is 4.90 Å². The van der Waals surface area contributed by atoms with Crippen molar-refractivity contribution >= 4 is 18.2 Å². The smallest absolute Gasteiger partial charge is 0.335 e. The molecule has 6 nitrogen and oxygen atoms in total. The molecule has 2 rings (SSSR count). The minimum Gasteiger partial charge on any atom is -0.508 e. The van der Waals surface area contributed by atoms with Crippen LogP contribution in [0.15, 0.2) is 48.5 Å². The molecule has 6 heteroatoms. The lowest BCUT2D eigenvalue weighted by Gasteiger charge is -2.24. The highest BCUT2D eigenvalue weighted by molar-refractivity contribution is 5.92. The number of phenolic OH excluding ortho intramolecular Hbond substituents is 1. The number of carboxylic acid groups (broad SMARTS) is 1. The number of hydrogen-bond acceptors (Lipinski definition) is 4. The Labute approximate surface area is 151 Å². The van der Waals surface area contributed by atoms with Crippen molar-refractivity contribution in [2.45, 2.75) is 19.9 Å². The number of hydrogen-bond donors (Lipinski definition) is 2. The van der Waals surface area contributed by atoms with Gasteiger partial charge >= 0.3 is 5.97 Å². The van der Waals surface area contributed by atoms with Crippen LogP contribution in [0.1, 0.15) is 28.4 Å². The molecule has 0 bridgehead atoms. The second-order valence-electron chi connectivity index (χ2n) is 5.97. The first kappa shape index (κ1) is 19.2.